The van der Waals surface area contributed by atoms with E-state index in [1.54, 1.807) is 14.2 Å². The summed E-state index contributed by atoms with van der Waals surface area (Å²) in [6.07, 6.45) is 7.33. The zero-order chi connectivity index (χ0) is 22.5. The first-order valence-electron chi connectivity index (χ1n) is 12.1. The lowest BCUT2D eigenvalue weighted by Crippen LogP contribution is -2.51. The first-order chi connectivity index (χ1) is 15.6. The molecular weight excluding hydrogens is 406 g/mol. The van der Waals surface area contributed by atoms with E-state index in [-0.39, 0.29) is 17.7 Å². The fraction of sp³-hybridized carbons (Fsp3) is 0.680. The Balaban J connectivity index is 1.25. The second-order valence-corrected chi connectivity index (χ2v) is 9.43. The molecule has 0 radical (unpaired) electrons. The van der Waals surface area contributed by atoms with Crippen LogP contribution in [0, 0.1) is 11.8 Å². The topological polar surface area (TPSA) is 71.1 Å². The van der Waals surface area contributed by atoms with E-state index in [0.29, 0.717) is 43.0 Å². The lowest BCUT2D eigenvalue weighted by Gasteiger charge is -2.44. The van der Waals surface area contributed by atoms with Crippen LogP contribution in [-0.4, -0.2) is 74.6 Å². The summed E-state index contributed by atoms with van der Waals surface area (Å²) in [6, 6.07) is 6.45. The molecule has 1 N–H and O–H groups in total. The first kappa shape index (κ1) is 22.9. The SMILES string of the molecule is COc1ccc(CCN2C[C@H](C(=O)NC[C@@H]3CCCN4CCCC[C@H]34)CC2=O)cc1OC. The number of carbonyl (C=O) groups is 2. The molecule has 3 aliphatic rings. The highest BCUT2D eigenvalue weighted by Gasteiger charge is 2.36. The van der Waals surface area contributed by atoms with Crippen LogP contribution in [0.15, 0.2) is 18.2 Å². The van der Waals surface area contributed by atoms with E-state index < -0.39 is 0 Å². The van der Waals surface area contributed by atoms with Crippen LogP contribution in [0.5, 0.6) is 11.5 Å². The number of ether oxygens (including phenoxy) is 2. The molecule has 3 heterocycles. The van der Waals surface area contributed by atoms with Crippen molar-refractivity contribution >= 4 is 11.8 Å². The molecule has 0 unspecified atom stereocenters. The maximum absolute atomic E-state index is 12.8. The number of nitrogens with zero attached hydrogens (tertiary/aromatic N) is 2. The van der Waals surface area contributed by atoms with Gasteiger partial charge in [-0.15, -0.1) is 0 Å². The van der Waals surface area contributed by atoms with Crippen molar-refractivity contribution in [3.8, 4) is 11.5 Å². The molecule has 3 saturated heterocycles. The Kier molecular flexibility index (Phi) is 7.55. The molecule has 0 spiro atoms. The highest BCUT2D eigenvalue weighted by molar-refractivity contribution is 5.89. The summed E-state index contributed by atoms with van der Waals surface area (Å²) >= 11 is 0. The van der Waals surface area contributed by atoms with Gasteiger partial charge in [-0.3, -0.25) is 9.59 Å². The summed E-state index contributed by atoms with van der Waals surface area (Å²) < 4.78 is 10.7. The maximum Gasteiger partial charge on any atom is 0.225 e. The van der Waals surface area contributed by atoms with Gasteiger partial charge in [-0.2, -0.15) is 0 Å². The van der Waals surface area contributed by atoms with E-state index in [9.17, 15) is 9.59 Å². The number of piperidine rings is 2. The standard InChI is InChI=1S/C25H37N3O4/c1-31-22-9-8-18(14-23(22)32-2)10-13-28-17-20(15-24(28)29)25(30)26-16-19-6-5-12-27-11-4-3-7-21(19)27/h8-9,14,19-21H,3-7,10-13,15-17H2,1-2H3,(H,26,30)/t19-,20+,21+/m0/s1. The Morgan fingerprint density at radius 1 is 1.09 bits per heavy atom. The van der Waals surface area contributed by atoms with Gasteiger partial charge in [-0.25, -0.2) is 0 Å². The molecule has 0 aromatic heterocycles. The van der Waals surface area contributed by atoms with Gasteiger partial charge in [-0.1, -0.05) is 12.5 Å². The molecule has 32 heavy (non-hydrogen) atoms. The minimum atomic E-state index is -0.237. The van der Waals surface area contributed by atoms with Gasteiger partial charge in [0.05, 0.1) is 20.1 Å². The van der Waals surface area contributed by atoms with Crippen molar-refractivity contribution in [2.45, 2.75) is 51.0 Å². The fourth-order valence-electron chi connectivity index (χ4n) is 5.66. The lowest BCUT2D eigenvalue weighted by molar-refractivity contribution is -0.129. The number of rotatable bonds is 8. The number of nitrogens with one attached hydrogen (secondary N) is 1. The zero-order valence-corrected chi connectivity index (χ0v) is 19.5. The number of carbonyl (C=O) groups excluding carboxylic acids is 2. The number of fused-ring (bicyclic) bond motifs is 1. The molecule has 4 rings (SSSR count). The Hall–Kier alpha value is -2.28. The third-order valence-corrected chi connectivity index (χ3v) is 7.47. The van der Waals surface area contributed by atoms with Crippen LogP contribution >= 0.6 is 0 Å². The van der Waals surface area contributed by atoms with E-state index in [4.69, 9.17) is 9.47 Å². The van der Waals surface area contributed by atoms with Crippen molar-refractivity contribution in [3.05, 3.63) is 23.8 Å². The van der Waals surface area contributed by atoms with Gasteiger partial charge in [-0.05, 0) is 68.8 Å². The van der Waals surface area contributed by atoms with Crippen molar-refractivity contribution in [2.75, 3.05) is 46.9 Å². The van der Waals surface area contributed by atoms with E-state index in [1.165, 1.54) is 45.2 Å². The molecule has 3 fully saturated rings. The van der Waals surface area contributed by atoms with Crippen LogP contribution in [0.4, 0.5) is 0 Å². The van der Waals surface area contributed by atoms with Gasteiger partial charge in [0.1, 0.15) is 0 Å². The summed E-state index contributed by atoms with van der Waals surface area (Å²) in [4.78, 5) is 29.8. The van der Waals surface area contributed by atoms with Crippen LogP contribution in [-0.2, 0) is 16.0 Å². The molecule has 1 aromatic rings. The number of amides is 2. The molecule has 0 aliphatic carbocycles. The van der Waals surface area contributed by atoms with Gasteiger partial charge >= 0.3 is 0 Å². The molecule has 3 aliphatic heterocycles. The van der Waals surface area contributed by atoms with Gasteiger partial charge in [0.25, 0.3) is 0 Å². The van der Waals surface area contributed by atoms with Gasteiger partial charge < -0.3 is 24.6 Å². The number of likely N-dealkylation sites (tertiary alicyclic amines) is 1. The van der Waals surface area contributed by atoms with Crippen LogP contribution in [0.1, 0.15) is 44.1 Å². The Morgan fingerprint density at radius 2 is 1.91 bits per heavy atom. The molecule has 176 valence electrons. The van der Waals surface area contributed by atoms with Crippen molar-refractivity contribution in [1.29, 1.82) is 0 Å². The van der Waals surface area contributed by atoms with Crippen LogP contribution < -0.4 is 14.8 Å². The van der Waals surface area contributed by atoms with Crippen molar-refractivity contribution in [3.63, 3.8) is 0 Å². The van der Waals surface area contributed by atoms with Gasteiger partial charge in [0.2, 0.25) is 11.8 Å². The highest BCUT2D eigenvalue weighted by atomic mass is 16.5. The maximum atomic E-state index is 12.8. The molecule has 7 heteroatoms. The van der Waals surface area contributed by atoms with Crippen LogP contribution in [0.2, 0.25) is 0 Å². The average Bonchev–Trinajstić information content (AvgIpc) is 3.21. The van der Waals surface area contributed by atoms with E-state index in [0.717, 1.165) is 18.5 Å². The lowest BCUT2D eigenvalue weighted by atomic mass is 9.83. The summed E-state index contributed by atoms with van der Waals surface area (Å²) in [5.74, 6) is 1.81. The Morgan fingerprint density at radius 3 is 2.72 bits per heavy atom. The minimum absolute atomic E-state index is 0.0416. The largest absolute Gasteiger partial charge is 0.493 e. The third kappa shape index (κ3) is 5.20. The van der Waals surface area contributed by atoms with E-state index in [2.05, 4.69) is 10.2 Å². The van der Waals surface area contributed by atoms with Crippen LogP contribution in [0.25, 0.3) is 0 Å². The third-order valence-electron chi connectivity index (χ3n) is 7.47. The second kappa shape index (κ2) is 10.6. The molecule has 1 aromatic carbocycles. The van der Waals surface area contributed by atoms with E-state index >= 15 is 0 Å². The van der Waals surface area contributed by atoms with Crippen LogP contribution in [0.3, 0.4) is 0 Å². The smallest absolute Gasteiger partial charge is 0.225 e. The fourth-order valence-corrected chi connectivity index (χ4v) is 5.66. The number of hydrogen-bond acceptors (Lipinski definition) is 5. The first-order valence-corrected chi connectivity index (χ1v) is 12.1. The zero-order valence-electron chi connectivity index (χ0n) is 19.5. The van der Waals surface area contributed by atoms with Crippen molar-refractivity contribution in [2.24, 2.45) is 11.8 Å². The summed E-state index contributed by atoms with van der Waals surface area (Å²) in [7, 11) is 3.24. The molecule has 0 saturated carbocycles. The molecule has 3 atom stereocenters. The second-order valence-electron chi connectivity index (χ2n) is 9.43. The minimum Gasteiger partial charge on any atom is -0.493 e. The van der Waals surface area contributed by atoms with Gasteiger partial charge in [0, 0.05) is 32.1 Å². The number of hydrogen-bond donors (Lipinski definition) is 1. The number of benzene rings is 1. The molecule has 7 nitrogen and oxygen atoms in total. The normalized spacial score (nSPS) is 26.0. The number of methoxy groups -OCH3 is 2. The predicted molar refractivity (Wildman–Crippen MR) is 123 cm³/mol. The highest BCUT2D eigenvalue weighted by Crippen LogP contribution is 2.31. The Labute approximate surface area is 191 Å². The van der Waals surface area contributed by atoms with Crippen molar-refractivity contribution < 1.29 is 19.1 Å². The summed E-state index contributed by atoms with van der Waals surface area (Å²) in [5, 5.41) is 3.20. The average molecular weight is 444 g/mol. The van der Waals surface area contributed by atoms with E-state index in [1.807, 2.05) is 23.1 Å². The summed E-state index contributed by atoms with van der Waals surface area (Å²) in [6.45, 7) is 4.29. The van der Waals surface area contributed by atoms with Crippen molar-refractivity contribution in [1.82, 2.24) is 15.1 Å². The predicted octanol–water partition coefficient (Wildman–Crippen LogP) is 2.48. The van der Waals surface area contributed by atoms with Gasteiger partial charge in [0.15, 0.2) is 11.5 Å². The summed E-state index contributed by atoms with van der Waals surface area (Å²) in [5.41, 5.74) is 1.08. The molecule has 2 amide bonds. The Bertz CT molecular complexity index is 812. The molecular formula is C25H37N3O4. The molecule has 0 bridgehead atoms. The monoisotopic (exact) mass is 443 g/mol. The quantitative estimate of drug-likeness (QED) is 0.668.